The number of hydrogen-bond acceptors (Lipinski definition) is 5. The van der Waals surface area contributed by atoms with Crippen LogP contribution in [0.3, 0.4) is 0 Å². The number of nitrogens with one attached hydrogen (secondary N) is 1. The molecule has 128 valence electrons. The molecule has 0 saturated heterocycles. The van der Waals surface area contributed by atoms with Gasteiger partial charge in [0.1, 0.15) is 0 Å². The van der Waals surface area contributed by atoms with Crippen LogP contribution in [0.15, 0.2) is 36.5 Å². The molecule has 8 heteroatoms. The molecule has 0 radical (unpaired) electrons. The largest absolute Gasteiger partial charge is 0.396 e. The molecule has 2 N–H and O–H groups in total. The van der Waals surface area contributed by atoms with Crippen molar-refractivity contribution in [3.63, 3.8) is 0 Å². The Labute approximate surface area is 139 Å². The second-order valence-electron chi connectivity index (χ2n) is 5.76. The van der Waals surface area contributed by atoms with E-state index in [9.17, 15) is 14.9 Å². The number of nitro groups is 1. The molecule has 0 spiro atoms. The third kappa shape index (κ3) is 3.96. The van der Waals surface area contributed by atoms with Gasteiger partial charge in [-0.25, -0.2) is 4.68 Å². The average molecular weight is 332 g/mol. The van der Waals surface area contributed by atoms with Gasteiger partial charge in [0.05, 0.1) is 10.6 Å². The van der Waals surface area contributed by atoms with Crippen LogP contribution in [0.4, 0.5) is 5.69 Å². The highest BCUT2D eigenvalue weighted by Crippen LogP contribution is 2.17. The van der Waals surface area contributed by atoms with E-state index in [-0.39, 0.29) is 23.9 Å². The highest BCUT2D eigenvalue weighted by Gasteiger charge is 2.25. The van der Waals surface area contributed by atoms with E-state index < -0.39 is 10.5 Å². The Morgan fingerprint density at radius 3 is 2.83 bits per heavy atom. The third-order valence-electron chi connectivity index (χ3n) is 3.99. The van der Waals surface area contributed by atoms with E-state index in [1.807, 2.05) is 13.8 Å². The normalized spacial score (nSPS) is 13.3. The first-order chi connectivity index (χ1) is 11.4. The number of carbonyl (C=O) groups is 1. The monoisotopic (exact) mass is 332 g/mol. The number of aliphatic hydroxyl groups is 1. The van der Waals surface area contributed by atoms with Crippen LogP contribution in [0.1, 0.15) is 37.2 Å². The molecule has 2 rings (SSSR count). The number of benzene rings is 1. The maximum atomic E-state index is 12.3. The molecular weight excluding hydrogens is 312 g/mol. The Hall–Kier alpha value is -2.74. The molecule has 2 aromatic rings. The zero-order chi connectivity index (χ0) is 17.7. The molecule has 0 fully saturated rings. The number of rotatable bonds is 7. The summed E-state index contributed by atoms with van der Waals surface area (Å²) in [6, 6.07) is 7.55. The number of non-ortho nitro benzene ring substituents is 1. The lowest BCUT2D eigenvalue weighted by atomic mass is 9.95. The summed E-state index contributed by atoms with van der Waals surface area (Å²) in [7, 11) is 0. The summed E-state index contributed by atoms with van der Waals surface area (Å²) in [4.78, 5) is 22.7. The Morgan fingerprint density at radius 1 is 1.46 bits per heavy atom. The number of nitrogens with zero attached hydrogens (tertiary/aromatic N) is 3. The fraction of sp³-hybridized carbons (Fsp3) is 0.375. The lowest BCUT2D eigenvalue weighted by Gasteiger charge is -2.28. The minimum Gasteiger partial charge on any atom is -0.396 e. The third-order valence-corrected chi connectivity index (χ3v) is 3.99. The van der Waals surface area contributed by atoms with Crippen LogP contribution in [-0.2, 0) is 0 Å². The minimum atomic E-state index is -0.513. The Morgan fingerprint density at radius 2 is 2.21 bits per heavy atom. The van der Waals surface area contributed by atoms with Crippen molar-refractivity contribution in [3.8, 4) is 5.69 Å². The molecule has 1 unspecified atom stereocenters. The molecule has 1 aromatic heterocycles. The smallest absolute Gasteiger partial charge is 0.272 e. The predicted molar refractivity (Wildman–Crippen MR) is 88.1 cm³/mol. The zero-order valence-corrected chi connectivity index (χ0v) is 13.6. The maximum absolute atomic E-state index is 12.3. The van der Waals surface area contributed by atoms with Gasteiger partial charge in [-0.2, -0.15) is 5.10 Å². The van der Waals surface area contributed by atoms with E-state index in [1.54, 1.807) is 24.4 Å². The van der Waals surface area contributed by atoms with Crippen molar-refractivity contribution < 1.29 is 14.8 Å². The second-order valence-corrected chi connectivity index (χ2v) is 5.76. The molecule has 0 aliphatic rings. The molecule has 0 saturated carbocycles. The summed E-state index contributed by atoms with van der Waals surface area (Å²) in [6.07, 6.45) is 2.69. The van der Waals surface area contributed by atoms with Crippen molar-refractivity contribution in [3.05, 3.63) is 52.3 Å². The van der Waals surface area contributed by atoms with Gasteiger partial charge >= 0.3 is 0 Å². The molecule has 24 heavy (non-hydrogen) atoms. The van der Waals surface area contributed by atoms with Crippen LogP contribution in [0.25, 0.3) is 5.69 Å². The van der Waals surface area contributed by atoms with Gasteiger partial charge in [-0.15, -0.1) is 0 Å². The fourth-order valence-corrected chi connectivity index (χ4v) is 2.25. The van der Waals surface area contributed by atoms with Gasteiger partial charge in [0.2, 0.25) is 0 Å². The first kappa shape index (κ1) is 17.6. The van der Waals surface area contributed by atoms with Crippen molar-refractivity contribution in [1.82, 2.24) is 15.1 Å². The van der Waals surface area contributed by atoms with E-state index >= 15 is 0 Å². The second kappa shape index (κ2) is 7.22. The van der Waals surface area contributed by atoms with Crippen molar-refractivity contribution in [2.45, 2.75) is 32.2 Å². The van der Waals surface area contributed by atoms with Gasteiger partial charge in [-0.3, -0.25) is 14.9 Å². The molecule has 1 amide bonds. The van der Waals surface area contributed by atoms with Crippen LogP contribution in [0, 0.1) is 10.1 Å². The summed E-state index contributed by atoms with van der Waals surface area (Å²) in [5.74, 6) is -0.350. The van der Waals surface area contributed by atoms with Gasteiger partial charge in [-0.05, 0) is 31.9 Å². The van der Waals surface area contributed by atoms with Gasteiger partial charge in [0.25, 0.3) is 11.6 Å². The number of carbonyl (C=O) groups excluding carboxylic acids is 1. The summed E-state index contributed by atoms with van der Waals surface area (Å²) in [5.41, 5.74) is 0.146. The Bertz CT molecular complexity index is 743. The van der Waals surface area contributed by atoms with Crippen molar-refractivity contribution in [2.75, 3.05) is 6.61 Å². The van der Waals surface area contributed by atoms with Crippen molar-refractivity contribution in [1.29, 1.82) is 0 Å². The number of aromatic nitrogens is 2. The number of nitro benzene ring substituents is 1. The van der Waals surface area contributed by atoms with Crippen LogP contribution >= 0.6 is 0 Å². The standard InChI is InChI=1S/C16H20N4O4/c1-3-16(2,8-10-21)17-15(22)14-7-9-19(18-14)12-5-4-6-13(11-12)20(23)24/h4-7,9,11,21H,3,8,10H2,1-2H3,(H,17,22). The van der Waals surface area contributed by atoms with E-state index in [4.69, 9.17) is 5.11 Å². The lowest BCUT2D eigenvalue weighted by Crippen LogP contribution is -2.46. The van der Waals surface area contributed by atoms with Crippen LogP contribution in [-0.4, -0.2) is 37.9 Å². The van der Waals surface area contributed by atoms with Crippen molar-refractivity contribution in [2.24, 2.45) is 0 Å². The topological polar surface area (TPSA) is 110 Å². The minimum absolute atomic E-state index is 0.0211. The Kier molecular flexibility index (Phi) is 5.30. The molecule has 0 aliphatic heterocycles. The van der Waals surface area contributed by atoms with E-state index in [0.29, 0.717) is 18.5 Å². The fourth-order valence-electron chi connectivity index (χ4n) is 2.25. The molecule has 0 aliphatic carbocycles. The number of hydrogen-bond donors (Lipinski definition) is 2. The SMILES string of the molecule is CCC(C)(CCO)NC(=O)c1ccn(-c2cccc([N+](=O)[O-])c2)n1. The predicted octanol–water partition coefficient (Wildman–Crippen LogP) is 2.06. The quantitative estimate of drug-likeness (QED) is 0.595. The van der Waals surface area contributed by atoms with Gasteiger partial charge in [-0.1, -0.05) is 13.0 Å². The van der Waals surface area contributed by atoms with Crippen molar-refractivity contribution >= 4 is 11.6 Å². The summed E-state index contributed by atoms with van der Waals surface area (Å²) in [6.45, 7) is 3.77. The lowest BCUT2D eigenvalue weighted by molar-refractivity contribution is -0.384. The first-order valence-electron chi connectivity index (χ1n) is 7.62. The first-order valence-corrected chi connectivity index (χ1v) is 7.62. The maximum Gasteiger partial charge on any atom is 0.272 e. The van der Waals surface area contributed by atoms with Crippen LogP contribution in [0.2, 0.25) is 0 Å². The van der Waals surface area contributed by atoms with E-state index in [1.165, 1.54) is 16.8 Å². The highest BCUT2D eigenvalue weighted by atomic mass is 16.6. The molecule has 8 nitrogen and oxygen atoms in total. The summed E-state index contributed by atoms with van der Waals surface area (Å²) >= 11 is 0. The molecule has 0 bridgehead atoms. The van der Waals surface area contributed by atoms with Crippen LogP contribution < -0.4 is 5.32 Å². The molecular formula is C16H20N4O4. The zero-order valence-electron chi connectivity index (χ0n) is 13.6. The molecule has 1 aromatic carbocycles. The summed E-state index contributed by atoms with van der Waals surface area (Å²) in [5, 5.41) is 27.0. The van der Waals surface area contributed by atoms with E-state index in [2.05, 4.69) is 10.4 Å². The number of aliphatic hydroxyl groups excluding tert-OH is 1. The average Bonchev–Trinajstić information content (AvgIpc) is 3.05. The summed E-state index contributed by atoms with van der Waals surface area (Å²) < 4.78 is 1.41. The van der Waals surface area contributed by atoms with Crippen LogP contribution in [0.5, 0.6) is 0 Å². The van der Waals surface area contributed by atoms with Gasteiger partial charge in [0.15, 0.2) is 5.69 Å². The molecule has 1 heterocycles. The number of amides is 1. The van der Waals surface area contributed by atoms with E-state index in [0.717, 1.165) is 0 Å². The molecule has 1 atom stereocenters. The van der Waals surface area contributed by atoms with Gasteiger partial charge in [0, 0.05) is 30.5 Å². The highest BCUT2D eigenvalue weighted by molar-refractivity contribution is 5.92. The van der Waals surface area contributed by atoms with Gasteiger partial charge < -0.3 is 10.4 Å². The Balaban J connectivity index is 2.20.